The molecule has 0 unspecified atom stereocenters. The molecule has 0 spiro atoms. The summed E-state index contributed by atoms with van der Waals surface area (Å²) in [6.07, 6.45) is 14.7. The van der Waals surface area contributed by atoms with Crippen LogP contribution in [-0.4, -0.2) is 79.7 Å². The topological polar surface area (TPSA) is 439 Å². The van der Waals surface area contributed by atoms with Crippen LogP contribution >= 0.6 is 58.0 Å². The maximum atomic E-state index is 10.7. The van der Waals surface area contributed by atoms with Gasteiger partial charge in [-0.15, -0.1) is 30.3 Å². The van der Waals surface area contributed by atoms with Gasteiger partial charge in [0.2, 0.25) is 0 Å². The van der Waals surface area contributed by atoms with E-state index in [1.807, 2.05) is 27.7 Å². The van der Waals surface area contributed by atoms with Crippen LogP contribution < -0.4 is 41.6 Å². The maximum Gasteiger partial charge on any atom is 0.364 e. The SMILES string of the molecule is Cc1[c-]c(C)nc([N+](=O)[O-])c1.Cc1cc(N)nc(C)c1O.Cc1cc(N)nc(C)c1Oc1c[c-]ncc1.Cc1cc(N)nc(C)c1Oc1ccnc(Cl)c1.Cc1cc([N+](=O)[O-])nc(C)c1Oc1c[c-]ncc1.Cc1cc([N+](=O)[O-])nc(C)c1Oc1ccnc(Cl)c1.Clc1ccnc(Cl)c1.O=c1cc[nH]c(Cl)c1.[CH3-].[CH3-].[W].[W].[W].[W].[Y]. The van der Waals surface area contributed by atoms with Crippen molar-refractivity contribution in [2.75, 3.05) is 17.2 Å². The molecule has 12 rings (SSSR count). The standard InChI is InChI=1S/C12H10ClN3O3.C12H12ClN3O.C12H10N3O3.C12H12N3O.C7H7N2O2.C7H10N2O.C5H3Cl2N.C5H4ClNO.2CH3.4W.Y/c1-7-5-11(16(17)18)15-8(2)12(7)19-9-3-4-14-10(13)6-9;1-7-5-11(14)16-8(2)12(7)17-9-3-4-15-10(13)6-9;1-8-7-11(15(16)17)14-9(2)12(8)18-10-3-5-13-6-4-10;1-8-7-11(13)15-9(2)12(8)16-10-3-5-14-6-4-10;1-5-3-6(2)8-7(4-5)9(10)11;1-4-3-6(8)9-5(2)7(4)10;6-4-1-2-8-5(7)3-4;6-5-3-4(8)1-2-7-5;;;;;;;/h3-6H,1-2H3;3-6H,1-2H3,(H2,14,16);3-5,7H,1-2H3;3-5,7H,1-2H3,(H2,13,15);4H,1-2H3;3,10H,1-2H3,(H2,8,9);1-3H;1-3H,(H,7,8);2*1H3;;;;;/q;;3*-1;;;;2*-1;;;;;. The van der Waals surface area contributed by atoms with Gasteiger partial charge in [-0.05, 0) is 146 Å². The minimum atomic E-state index is -0.535. The van der Waals surface area contributed by atoms with Crippen molar-refractivity contribution in [2.24, 2.45) is 0 Å². The number of hydrogen-bond acceptors (Lipinski definition) is 26. The van der Waals surface area contributed by atoms with Crippen LogP contribution in [0.5, 0.6) is 51.7 Å². The zero-order chi connectivity index (χ0) is 79.2. The second-order valence-electron chi connectivity index (χ2n) is 22.0. The molecule has 0 bridgehead atoms. The van der Waals surface area contributed by atoms with Crippen molar-refractivity contribution in [2.45, 2.75) is 83.1 Å². The summed E-state index contributed by atoms with van der Waals surface area (Å²) in [5, 5.41) is 42.9. The van der Waals surface area contributed by atoms with Gasteiger partial charge in [-0.2, -0.15) is 6.07 Å². The number of ether oxygens (including phenoxy) is 4. The number of nitrogens with one attached hydrogen (secondary N) is 1. The molecule has 0 aliphatic carbocycles. The first-order valence-electron chi connectivity index (χ1n) is 30.9. The molecule has 0 amide bonds. The number of anilines is 3. The van der Waals surface area contributed by atoms with E-state index in [9.17, 15) is 40.2 Å². The molecule has 12 heterocycles. The number of pyridine rings is 12. The third-order valence-electron chi connectivity index (χ3n) is 13.2. The Hall–Kier alpha value is -8.49. The van der Waals surface area contributed by atoms with Gasteiger partial charge >= 0.3 is 11.6 Å². The molecule has 12 aromatic heterocycles. The number of aryl methyl sites for hydroxylation is 12. The molecule has 1 radical (unpaired) electrons. The fourth-order valence-electron chi connectivity index (χ4n) is 8.69. The zero-order valence-electron chi connectivity index (χ0n) is 63.4. The molecule has 599 valence electrons. The molecule has 12 aromatic rings. The van der Waals surface area contributed by atoms with Crippen molar-refractivity contribution < 1.29 is 156 Å². The quantitative estimate of drug-likeness (QED) is 0.0347. The van der Waals surface area contributed by atoms with Gasteiger partial charge in [0.1, 0.15) is 61.1 Å². The maximum absolute atomic E-state index is 10.7. The summed E-state index contributed by atoms with van der Waals surface area (Å²) in [7, 11) is 0. The number of nitrogens with zero attached hydrogens (tertiary/aromatic N) is 14. The molecule has 30 nitrogen and oxygen atoms in total. The van der Waals surface area contributed by atoms with Crippen LogP contribution in [-0.2, 0) is 117 Å². The van der Waals surface area contributed by atoms with E-state index in [0.29, 0.717) is 117 Å². The van der Waals surface area contributed by atoms with Gasteiger partial charge < -0.3 is 101 Å². The first-order valence-corrected chi connectivity index (χ1v) is 32.8. The molecule has 0 fully saturated rings. The van der Waals surface area contributed by atoms with E-state index >= 15 is 0 Å². The number of halogens is 5. The number of nitrogen functional groups attached to an aromatic ring is 3. The number of aromatic nitrogens is 12. The van der Waals surface area contributed by atoms with Crippen LogP contribution in [0.4, 0.5) is 34.9 Å². The average Bonchev–Trinajstić information content (AvgIpc) is 0.816. The van der Waals surface area contributed by atoms with Gasteiger partial charge in [-0.1, -0.05) is 94.7 Å². The minimum absolute atomic E-state index is 0. The van der Waals surface area contributed by atoms with Gasteiger partial charge in [0.15, 0.2) is 34.1 Å². The Balaban J connectivity index is -0.00000124. The molecule has 0 aliphatic heterocycles. The van der Waals surface area contributed by atoms with E-state index < -0.39 is 14.8 Å². The van der Waals surface area contributed by atoms with Gasteiger partial charge in [0.25, 0.3) is 5.82 Å². The van der Waals surface area contributed by atoms with E-state index in [1.165, 1.54) is 42.7 Å². The molecule has 0 saturated heterocycles. The number of H-pyrrole nitrogens is 1. The second kappa shape index (κ2) is 55.1. The molecule has 114 heavy (non-hydrogen) atoms. The van der Waals surface area contributed by atoms with E-state index in [4.69, 9.17) is 94.2 Å². The van der Waals surface area contributed by atoms with Crippen LogP contribution in [0.15, 0.2) is 151 Å². The van der Waals surface area contributed by atoms with Crippen LogP contribution in [0.3, 0.4) is 0 Å². The van der Waals surface area contributed by atoms with Crippen molar-refractivity contribution in [3.05, 3.63) is 313 Å². The van der Waals surface area contributed by atoms with Crippen LogP contribution in [0.25, 0.3) is 0 Å². The van der Waals surface area contributed by atoms with Crippen molar-refractivity contribution in [1.82, 2.24) is 59.8 Å². The van der Waals surface area contributed by atoms with E-state index in [2.05, 4.69) is 78.3 Å². The molecule has 0 aromatic carbocycles. The monoisotopic (exact) mass is 2410 g/mol. The Morgan fingerprint density at radius 2 is 0.772 bits per heavy atom. The van der Waals surface area contributed by atoms with E-state index in [-0.39, 0.29) is 160 Å². The number of aromatic hydroxyl groups is 1. The summed E-state index contributed by atoms with van der Waals surface area (Å²) in [5.74, 6) is 5.98. The fraction of sp³-hybridized carbons (Fsp3) is 0.162. The average molecular weight is 2410 g/mol. The summed E-state index contributed by atoms with van der Waals surface area (Å²) < 4.78 is 22.7. The summed E-state index contributed by atoms with van der Waals surface area (Å²) in [5.41, 5.74) is 24.9. The first-order chi connectivity index (χ1) is 50.5. The van der Waals surface area contributed by atoms with Gasteiger partial charge in [0.05, 0.1) is 22.8 Å². The van der Waals surface area contributed by atoms with Gasteiger partial charge in [-0.25, -0.2) is 35.5 Å². The molecule has 0 saturated carbocycles. The number of hydrogen-bond donors (Lipinski definition) is 5. The predicted octanol–water partition coefficient (Wildman–Crippen LogP) is 18.1. The fourth-order valence-corrected chi connectivity index (χ4v) is 9.58. The molecule has 0 atom stereocenters. The summed E-state index contributed by atoms with van der Waals surface area (Å²) >= 11 is 27.9. The molecule has 40 heteroatoms. The first kappa shape index (κ1) is 110. The summed E-state index contributed by atoms with van der Waals surface area (Å²) in [4.78, 5) is 85.7. The number of rotatable bonds is 11. The zero-order valence-corrected chi connectivity index (χ0v) is 81.7. The minimum Gasteiger partial charge on any atom is -0.515 e. The molecule has 0 aliphatic rings. The van der Waals surface area contributed by atoms with Crippen molar-refractivity contribution >= 4 is 92.9 Å². The number of nitrogens with two attached hydrogens (primary N) is 3. The predicted molar refractivity (Wildman–Crippen MR) is 420 cm³/mol. The van der Waals surface area contributed by atoms with Crippen molar-refractivity contribution in [1.29, 1.82) is 0 Å². The summed E-state index contributed by atoms with van der Waals surface area (Å²) in [6, 6.07) is 31.5. The second-order valence-corrected chi connectivity index (χ2v) is 24.0. The number of nitro groups is 3. The Morgan fingerprint density at radius 3 is 1.07 bits per heavy atom. The normalized spacial score (nSPS) is 9.34. The Bertz CT molecular complexity index is 4980. The van der Waals surface area contributed by atoms with E-state index in [1.54, 1.807) is 159 Å². The third-order valence-corrected chi connectivity index (χ3v) is 14.2. The summed E-state index contributed by atoms with van der Waals surface area (Å²) in [6.45, 7) is 21.3. The molecular formula is C74H74Cl5N18O12W4Y-5. The van der Waals surface area contributed by atoms with Gasteiger partial charge in [-0.3, -0.25) is 4.79 Å². The van der Waals surface area contributed by atoms with Crippen LogP contribution in [0.2, 0.25) is 25.6 Å². The van der Waals surface area contributed by atoms with Crippen molar-refractivity contribution in [3.8, 4) is 51.7 Å². The third kappa shape index (κ3) is 38.8. The van der Waals surface area contributed by atoms with Crippen molar-refractivity contribution in [3.63, 3.8) is 0 Å². The van der Waals surface area contributed by atoms with Crippen LogP contribution in [0, 0.1) is 147 Å². The number of aromatic amines is 1. The largest absolute Gasteiger partial charge is 0.515 e. The Labute approximate surface area is 766 Å². The Kier molecular flexibility index (Phi) is 53.0. The smallest absolute Gasteiger partial charge is 0.364 e. The van der Waals surface area contributed by atoms with Crippen LogP contribution in [0.1, 0.15) is 67.5 Å². The molecule has 8 N–H and O–H groups in total. The Morgan fingerprint density at radius 1 is 0.430 bits per heavy atom. The van der Waals surface area contributed by atoms with E-state index in [0.717, 1.165) is 39.4 Å². The molecular weight excluding hydrogens is 2330 g/mol. The van der Waals surface area contributed by atoms with Gasteiger partial charge in [0, 0.05) is 220 Å².